The number of ether oxygens (including phenoxy) is 2. The first-order chi connectivity index (χ1) is 13.0. The van der Waals surface area contributed by atoms with Crippen LogP contribution in [0.25, 0.3) is 0 Å². The SMILES string of the molecule is COc1ccc(Nc2ncnc(Oc3ccc(C)c(C)c3)c2[N+](=O)[O-])cc1. The second-order valence-electron chi connectivity index (χ2n) is 5.83. The molecule has 1 N–H and O–H groups in total. The van der Waals surface area contributed by atoms with Crippen LogP contribution < -0.4 is 14.8 Å². The molecule has 27 heavy (non-hydrogen) atoms. The molecule has 0 bridgehead atoms. The largest absolute Gasteiger partial charge is 0.497 e. The number of anilines is 2. The highest BCUT2D eigenvalue weighted by Crippen LogP contribution is 2.36. The molecule has 8 heteroatoms. The van der Waals surface area contributed by atoms with E-state index >= 15 is 0 Å². The number of nitrogens with zero attached hydrogens (tertiary/aromatic N) is 3. The molecule has 3 rings (SSSR count). The van der Waals surface area contributed by atoms with Crippen molar-refractivity contribution in [3.8, 4) is 17.4 Å². The number of rotatable bonds is 6. The second-order valence-corrected chi connectivity index (χ2v) is 5.83. The second kappa shape index (κ2) is 7.69. The number of methoxy groups -OCH3 is 1. The van der Waals surface area contributed by atoms with Crippen molar-refractivity contribution in [1.29, 1.82) is 0 Å². The van der Waals surface area contributed by atoms with Crippen molar-refractivity contribution < 1.29 is 14.4 Å². The number of hydrogen-bond donors (Lipinski definition) is 1. The maximum atomic E-state index is 11.6. The molecule has 1 aromatic heterocycles. The molecule has 0 aliphatic heterocycles. The minimum atomic E-state index is -0.567. The van der Waals surface area contributed by atoms with E-state index in [1.807, 2.05) is 19.9 Å². The van der Waals surface area contributed by atoms with Gasteiger partial charge in [-0.2, -0.15) is 4.98 Å². The van der Waals surface area contributed by atoms with Crippen molar-refractivity contribution in [3.63, 3.8) is 0 Å². The normalized spacial score (nSPS) is 10.3. The van der Waals surface area contributed by atoms with Crippen LogP contribution in [-0.4, -0.2) is 22.0 Å². The lowest BCUT2D eigenvalue weighted by molar-refractivity contribution is -0.385. The van der Waals surface area contributed by atoms with E-state index in [0.29, 0.717) is 17.2 Å². The molecule has 8 nitrogen and oxygen atoms in total. The Morgan fingerprint density at radius 2 is 1.70 bits per heavy atom. The highest BCUT2D eigenvalue weighted by atomic mass is 16.6. The van der Waals surface area contributed by atoms with E-state index in [4.69, 9.17) is 9.47 Å². The highest BCUT2D eigenvalue weighted by Gasteiger charge is 2.25. The van der Waals surface area contributed by atoms with Crippen molar-refractivity contribution in [2.45, 2.75) is 13.8 Å². The quantitative estimate of drug-likeness (QED) is 0.505. The summed E-state index contributed by atoms with van der Waals surface area (Å²) < 4.78 is 10.8. The zero-order chi connectivity index (χ0) is 19.4. The fourth-order valence-electron chi connectivity index (χ4n) is 2.39. The predicted molar refractivity (Wildman–Crippen MR) is 101 cm³/mol. The van der Waals surface area contributed by atoms with Gasteiger partial charge in [0.1, 0.15) is 17.8 Å². The van der Waals surface area contributed by atoms with E-state index in [2.05, 4.69) is 15.3 Å². The average molecular weight is 366 g/mol. The molecule has 0 atom stereocenters. The summed E-state index contributed by atoms with van der Waals surface area (Å²) in [6.45, 7) is 3.91. The van der Waals surface area contributed by atoms with Gasteiger partial charge in [-0.15, -0.1) is 0 Å². The number of aromatic nitrogens is 2. The van der Waals surface area contributed by atoms with Crippen LogP contribution in [0.2, 0.25) is 0 Å². The molecule has 3 aromatic rings. The predicted octanol–water partition coefficient (Wildman–Crippen LogP) is 4.55. The smallest absolute Gasteiger partial charge is 0.373 e. The van der Waals surface area contributed by atoms with Crippen molar-refractivity contribution in [2.75, 3.05) is 12.4 Å². The van der Waals surface area contributed by atoms with Gasteiger partial charge in [-0.3, -0.25) is 10.1 Å². The van der Waals surface area contributed by atoms with E-state index in [0.717, 1.165) is 11.1 Å². The Hall–Kier alpha value is -3.68. The third kappa shape index (κ3) is 4.12. The van der Waals surface area contributed by atoms with Gasteiger partial charge in [-0.05, 0) is 61.4 Å². The minimum absolute atomic E-state index is 0.0407. The Morgan fingerprint density at radius 1 is 1.00 bits per heavy atom. The van der Waals surface area contributed by atoms with E-state index in [1.54, 1.807) is 43.5 Å². The van der Waals surface area contributed by atoms with Gasteiger partial charge in [-0.1, -0.05) is 6.07 Å². The van der Waals surface area contributed by atoms with Crippen molar-refractivity contribution >= 4 is 17.2 Å². The minimum Gasteiger partial charge on any atom is -0.497 e. The van der Waals surface area contributed by atoms with Gasteiger partial charge in [0.05, 0.1) is 12.0 Å². The molecular weight excluding hydrogens is 348 g/mol. The molecule has 0 unspecified atom stereocenters. The number of hydrogen-bond acceptors (Lipinski definition) is 7. The molecular formula is C19H18N4O4. The molecule has 0 radical (unpaired) electrons. The van der Waals surface area contributed by atoms with Crippen LogP contribution in [-0.2, 0) is 0 Å². The third-order valence-electron chi connectivity index (χ3n) is 4.02. The van der Waals surface area contributed by atoms with Crippen LogP contribution in [0.1, 0.15) is 11.1 Å². The number of nitro groups is 1. The Labute approximate surface area is 156 Å². The standard InChI is InChI=1S/C19H18N4O4/c1-12-4-7-16(10-13(12)2)27-19-17(23(24)25)18(20-11-21-19)22-14-5-8-15(26-3)9-6-14/h4-11H,1-3H3,(H,20,21,22). The molecule has 0 saturated carbocycles. The summed E-state index contributed by atoms with van der Waals surface area (Å²) in [5.74, 6) is 1.06. The zero-order valence-electron chi connectivity index (χ0n) is 15.1. The van der Waals surface area contributed by atoms with Gasteiger partial charge in [-0.25, -0.2) is 4.98 Å². The van der Waals surface area contributed by atoms with Crippen molar-refractivity contribution in [3.05, 3.63) is 70.0 Å². The van der Waals surface area contributed by atoms with Crippen molar-refractivity contribution in [2.24, 2.45) is 0 Å². The van der Waals surface area contributed by atoms with Gasteiger partial charge in [0.2, 0.25) is 5.82 Å². The molecule has 0 amide bonds. The maximum Gasteiger partial charge on any atom is 0.373 e. The lowest BCUT2D eigenvalue weighted by Gasteiger charge is -2.10. The molecule has 2 aromatic carbocycles. The topological polar surface area (TPSA) is 99.4 Å². The zero-order valence-corrected chi connectivity index (χ0v) is 15.1. The van der Waals surface area contributed by atoms with Crippen LogP contribution in [0, 0.1) is 24.0 Å². The molecule has 0 aliphatic carbocycles. The molecule has 0 fully saturated rings. The van der Waals surface area contributed by atoms with Crippen LogP contribution in [0.15, 0.2) is 48.8 Å². The fourth-order valence-corrected chi connectivity index (χ4v) is 2.39. The summed E-state index contributed by atoms with van der Waals surface area (Å²) in [5, 5.41) is 14.6. The molecule has 0 spiro atoms. The van der Waals surface area contributed by atoms with Crippen LogP contribution >= 0.6 is 0 Å². The first kappa shape index (κ1) is 18.1. The van der Waals surface area contributed by atoms with Gasteiger partial charge in [0.25, 0.3) is 0 Å². The van der Waals surface area contributed by atoms with Gasteiger partial charge in [0.15, 0.2) is 0 Å². The summed E-state index contributed by atoms with van der Waals surface area (Å²) in [6.07, 6.45) is 1.22. The summed E-state index contributed by atoms with van der Waals surface area (Å²) in [6, 6.07) is 12.4. The third-order valence-corrected chi connectivity index (χ3v) is 4.02. The molecule has 1 heterocycles. The van der Waals surface area contributed by atoms with Crippen LogP contribution in [0.4, 0.5) is 17.2 Å². The van der Waals surface area contributed by atoms with Gasteiger partial charge >= 0.3 is 11.6 Å². The van der Waals surface area contributed by atoms with E-state index < -0.39 is 4.92 Å². The molecule has 138 valence electrons. The van der Waals surface area contributed by atoms with Crippen LogP contribution in [0.5, 0.6) is 17.4 Å². The van der Waals surface area contributed by atoms with Crippen LogP contribution in [0.3, 0.4) is 0 Å². The van der Waals surface area contributed by atoms with E-state index in [9.17, 15) is 10.1 Å². The lowest BCUT2D eigenvalue weighted by atomic mass is 10.1. The summed E-state index contributed by atoms with van der Waals surface area (Å²) in [4.78, 5) is 19.0. The molecule has 0 saturated heterocycles. The summed E-state index contributed by atoms with van der Waals surface area (Å²) in [7, 11) is 1.56. The Kier molecular flexibility index (Phi) is 5.16. The monoisotopic (exact) mass is 366 g/mol. The van der Waals surface area contributed by atoms with Crippen molar-refractivity contribution in [1.82, 2.24) is 9.97 Å². The highest BCUT2D eigenvalue weighted by molar-refractivity contribution is 5.69. The number of benzene rings is 2. The molecule has 0 aliphatic rings. The van der Waals surface area contributed by atoms with Gasteiger partial charge in [0, 0.05) is 5.69 Å². The Balaban J connectivity index is 1.94. The average Bonchev–Trinajstić information content (AvgIpc) is 2.65. The number of nitrogens with one attached hydrogen (secondary N) is 1. The van der Waals surface area contributed by atoms with Gasteiger partial charge < -0.3 is 14.8 Å². The summed E-state index contributed by atoms with van der Waals surface area (Å²) in [5.41, 5.74) is 2.39. The lowest BCUT2D eigenvalue weighted by Crippen LogP contribution is -2.03. The fraction of sp³-hybridized carbons (Fsp3) is 0.158. The van der Waals surface area contributed by atoms with E-state index in [-0.39, 0.29) is 17.4 Å². The Bertz CT molecular complexity index is 974. The maximum absolute atomic E-state index is 11.6. The first-order valence-electron chi connectivity index (χ1n) is 8.13. The number of aryl methyl sites for hydroxylation is 2. The van der Waals surface area contributed by atoms with E-state index in [1.165, 1.54) is 6.33 Å². The first-order valence-corrected chi connectivity index (χ1v) is 8.13. The Morgan fingerprint density at radius 3 is 2.33 bits per heavy atom. The summed E-state index contributed by atoms with van der Waals surface area (Å²) >= 11 is 0.